The number of methoxy groups -OCH3 is 1. The second kappa shape index (κ2) is 6.73. The van der Waals surface area contributed by atoms with E-state index in [9.17, 15) is 0 Å². The largest absolute Gasteiger partial charge is 0.496 e. The Labute approximate surface area is 121 Å². The van der Waals surface area contributed by atoms with Crippen molar-refractivity contribution in [3.05, 3.63) is 42.0 Å². The zero-order valence-electron chi connectivity index (χ0n) is 12.5. The fourth-order valence-corrected chi connectivity index (χ4v) is 2.29. The molecule has 0 heterocycles. The third-order valence-corrected chi connectivity index (χ3v) is 3.76. The van der Waals surface area contributed by atoms with Gasteiger partial charge in [0.05, 0.1) is 7.11 Å². The zero-order valence-corrected chi connectivity index (χ0v) is 12.5. The highest BCUT2D eigenvalue weighted by Crippen LogP contribution is 2.27. The maximum Gasteiger partial charge on any atom is 0.123 e. The van der Waals surface area contributed by atoms with Crippen molar-refractivity contribution in [1.29, 1.82) is 0 Å². The summed E-state index contributed by atoms with van der Waals surface area (Å²) in [5, 5.41) is 5.91. The van der Waals surface area contributed by atoms with Gasteiger partial charge in [0.15, 0.2) is 0 Å². The molecule has 2 aromatic carbocycles. The first-order valence-corrected chi connectivity index (χ1v) is 7.14. The Balaban J connectivity index is 2.19. The van der Waals surface area contributed by atoms with E-state index in [4.69, 9.17) is 10.5 Å². The standard InChI is InChI=1S/C17H24N2O/c1-12(2)16(18)11-19-10-15-14-7-5-4-6-13(14)8-9-17(15)20-3/h4-9,12,16,19H,10-11,18H2,1-3H3. The molecule has 20 heavy (non-hydrogen) atoms. The number of nitrogens with two attached hydrogens (primary N) is 1. The molecule has 0 saturated carbocycles. The van der Waals surface area contributed by atoms with Crippen molar-refractivity contribution in [2.45, 2.75) is 26.4 Å². The number of benzene rings is 2. The second-order valence-corrected chi connectivity index (χ2v) is 5.51. The lowest BCUT2D eigenvalue weighted by molar-refractivity contribution is 0.406. The van der Waals surface area contributed by atoms with Crippen LogP contribution in [-0.2, 0) is 6.54 Å². The van der Waals surface area contributed by atoms with Crippen molar-refractivity contribution in [3.63, 3.8) is 0 Å². The van der Waals surface area contributed by atoms with Crippen LogP contribution >= 0.6 is 0 Å². The van der Waals surface area contributed by atoms with Crippen LogP contribution in [0.3, 0.4) is 0 Å². The molecule has 0 aliphatic carbocycles. The molecule has 2 aromatic rings. The van der Waals surface area contributed by atoms with Gasteiger partial charge in [0.2, 0.25) is 0 Å². The Morgan fingerprint density at radius 3 is 2.60 bits per heavy atom. The van der Waals surface area contributed by atoms with E-state index in [1.807, 2.05) is 6.07 Å². The van der Waals surface area contributed by atoms with E-state index in [1.54, 1.807) is 7.11 Å². The first kappa shape index (κ1) is 14.8. The Hall–Kier alpha value is -1.58. The fourth-order valence-electron chi connectivity index (χ4n) is 2.29. The molecule has 0 fully saturated rings. The highest BCUT2D eigenvalue weighted by Gasteiger charge is 2.10. The van der Waals surface area contributed by atoms with Gasteiger partial charge >= 0.3 is 0 Å². The smallest absolute Gasteiger partial charge is 0.123 e. The van der Waals surface area contributed by atoms with Crippen LogP contribution in [0.15, 0.2) is 36.4 Å². The normalized spacial score (nSPS) is 12.8. The van der Waals surface area contributed by atoms with Gasteiger partial charge in [-0.1, -0.05) is 44.2 Å². The molecule has 0 aliphatic heterocycles. The van der Waals surface area contributed by atoms with E-state index in [1.165, 1.54) is 16.3 Å². The molecule has 108 valence electrons. The highest BCUT2D eigenvalue weighted by molar-refractivity contribution is 5.87. The molecule has 3 heteroatoms. The summed E-state index contributed by atoms with van der Waals surface area (Å²) in [6.07, 6.45) is 0. The third kappa shape index (κ3) is 3.30. The average molecular weight is 272 g/mol. The molecule has 2 rings (SSSR count). The molecule has 1 unspecified atom stereocenters. The number of fused-ring (bicyclic) bond motifs is 1. The lowest BCUT2D eigenvalue weighted by Crippen LogP contribution is -2.37. The van der Waals surface area contributed by atoms with Crippen LogP contribution in [0.2, 0.25) is 0 Å². The number of hydrogen-bond acceptors (Lipinski definition) is 3. The molecule has 0 amide bonds. The first-order chi connectivity index (χ1) is 9.63. The van der Waals surface area contributed by atoms with E-state index in [-0.39, 0.29) is 6.04 Å². The predicted molar refractivity (Wildman–Crippen MR) is 85.0 cm³/mol. The predicted octanol–water partition coefficient (Wildman–Crippen LogP) is 2.92. The van der Waals surface area contributed by atoms with Crippen LogP contribution in [-0.4, -0.2) is 19.7 Å². The molecule has 0 aromatic heterocycles. The summed E-state index contributed by atoms with van der Waals surface area (Å²) in [6, 6.07) is 12.7. The lowest BCUT2D eigenvalue weighted by Gasteiger charge is -2.18. The summed E-state index contributed by atoms with van der Waals surface area (Å²) in [5.74, 6) is 1.41. The highest BCUT2D eigenvalue weighted by atomic mass is 16.5. The number of hydrogen-bond donors (Lipinski definition) is 2. The molecule has 0 radical (unpaired) electrons. The molecule has 0 bridgehead atoms. The van der Waals surface area contributed by atoms with Crippen molar-refractivity contribution in [3.8, 4) is 5.75 Å². The van der Waals surface area contributed by atoms with Gasteiger partial charge in [-0.3, -0.25) is 0 Å². The van der Waals surface area contributed by atoms with Crippen molar-refractivity contribution in [1.82, 2.24) is 5.32 Å². The molecule has 0 aliphatic rings. The fraction of sp³-hybridized carbons (Fsp3) is 0.412. The minimum Gasteiger partial charge on any atom is -0.496 e. The molecule has 0 saturated heterocycles. The summed E-state index contributed by atoms with van der Waals surface area (Å²) in [4.78, 5) is 0. The molecular formula is C17H24N2O. The maximum absolute atomic E-state index is 6.07. The van der Waals surface area contributed by atoms with Gasteiger partial charge < -0.3 is 15.8 Å². The number of ether oxygens (including phenoxy) is 1. The van der Waals surface area contributed by atoms with Gasteiger partial charge in [0.25, 0.3) is 0 Å². The van der Waals surface area contributed by atoms with E-state index in [0.29, 0.717) is 5.92 Å². The summed E-state index contributed by atoms with van der Waals surface area (Å²) in [6.45, 7) is 5.87. The second-order valence-electron chi connectivity index (χ2n) is 5.51. The van der Waals surface area contributed by atoms with Crippen LogP contribution in [0.5, 0.6) is 5.75 Å². The summed E-state index contributed by atoms with van der Waals surface area (Å²) < 4.78 is 5.49. The van der Waals surface area contributed by atoms with Gasteiger partial charge in [0, 0.05) is 24.7 Å². The van der Waals surface area contributed by atoms with Crippen LogP contribution < -0.4 is 15.8 Å². The summed E-state index contributed by atoms with van der Waals surface area (Å²) in [5.41, 5.74) is 7.27. The molecular weight excluding hydrogens is 248 g/mol. The van der Waals surface area contributed by atoms with Gasteiger partial charge in [-0.15, -0.1) is 0 Å². The Kier molecular flexibility index (Phi) is 4.99. The van der Waals surface area contributed by atoms with Crippen molar-refractivity contribution in [2.75, 3.05) is 13.7 Å². The number of nitrogens with one attached hydrogen (secondary N) is 1. The Morgan fingerprint density at radius 2 is 1.90 bits per heavy atom. The molecule has 3 N–H and O–H groups in total. The topological polar surface area (TPSA) is 47.3 Å². The van der Waals surface area contributed by atoms with Gasteiger partial charge in [0.1, 0.15) is 5.75 Å². The minimum atomic E-state index is 0.177. The Bertz CT molecular complexity index is 566. The van der Waals surface area contributed by atoms with E-state index >= 15 is 0 Å². The summed E-state index contributed by atoms with van der Waals surface area (Å²) >= 11 is 0. The average Bonchev–Trinajstić information content (AvgIpc) is 2.47. The molecule has 3 nitrogen and oxygen atoms in total. The maximum atomic E-state index is 6.07. The van der Waals surface area contributed by atoms with Crippen molar-refractivity contribution >= 4 is 10.8 Å². The summed E-state index contributed by atoms with van der Waals surface area (Å²) in [7, 11) is 1.72. The van der Waals surface area contributed by atoms with Crippen molar-refractivity contribution in [2.24, 2.45) is 11.7 Å². The van der Waals surface area contributed by atoms with Crippen LogP contribution in [0, 0.1) is 5.92 Å². The first-order valence-electron chi connectivity index (χ1n) is 7.14. The van der Waals surface area contributed by atoms with Gasteiger partial charge in [-0.2, -0.15) is 0 Å². The quantitative estimate of drug-likeness (QED) is 0.850. The zero-order chi connectivity index (χ0) is 14.5. The number of rotatable bonds is 6. The Morgan fingerprint density at radius 1 is 1.15 bits per heavy atom. The van der Waals surface area contributed by atoms with E-state index in [2.05, 4.69) is 49.5 Å². The minimum absolute atomic E-state index is 0.177. The van der Waals surface area contributed by atoms with Crippen LogP contribution in [0.1, 0.15) is 19.4 Å². The van der Waals surface area contributed by atoms with E-state index < -0.39 is 0 Å². The van der Waals surface area contributed by atoms with Gasteiger partial charge in [-0.05, 0) is 22.8 Å². The molecule has 1 atom stereocenters. The monoisotopic (exact) mass is 272 g/mol. The van der Waals surface area contributed by atoms with Crippen LogP contribution in [0.4, 0.5) is 0 Å². The third-order valence-electron chi connectivity index (χ3n) is 3.76. The molecule has 0 spiro atoms. The van der Waals surface area contributed by atoms with Gasteiger partial charge in [-0.25, -0.2) is 0 Å². The SMILES string of the molecule is COc1ccc2ccccc2c1CNCC(N)C(C)C. The van der Waals surface area contributed by atoms with Crippen molar-refractivity contribution < 1.29 is 4.74 Å². The van der Waals surface area contributed by atoms with Crippen LogP contribution in [0.25, 0.3) is 10.8 Å². The van der Waals surface area contributed by atoms with E-state index in [0.717, 1.165) is 18.8 Å². The lowest BCUT2D eigenvalue weighted by atomic mass is 10.0.